The fraction of sp³-hybridized carbons (Fsp3) is 0.417. The maximum absolute atomic E-state index is 11.8. The molecule has 0 amide bonds. The van der Waals surface area contributed by atoms with E-state index in [1.165, 1.54) is 0 Å². The maximum Gasteiger partial charge on any atom is 0.126 e. The van der Waals surface area contributed by atoms with Gasteiger partial charge in [0.25, 0.3) is 0 Å². The third-order valence-electron chi connectivity index (χ3n) is 2.22. The molecule has 1 rings (SSSR count). The fourth-order valence-electron chi connectivity index (χ4n) is 1.30. The molecular weight excluding hydrogens is 220 g/mol. The molecule has 0 fully saturated rings. The molecule has 2 atom stereocenters. The summed E-state index contributed by atoms with van der Waals surface area (Å²) in [5, 5.41) is 8.85. The van der Waals surface area contributed by atoms with Gasteiger partial charge < -0.3 is 0 Å². The lowest BCUT2D eigenvalue weighted by molar-refractivity contribution is 0.634. The Kier molecular flexibility index (Phi) is 5.17. The van der Waals surface area contributed by atoms with Gasteiger partial charge in [0.15, 0.2) is 0 Å². The van der Waals surface area contributed by atoms with E-state index in [-0.39, 0.29) is 6.04 Å². The molecule has 16 heavy (non-hydrogen) atoms. The minimum atomic E-state index is -1.30. The summed E-state index contributed by atoms with van der Waals surface area (Å²) in [6.07, 6.45) is 1.62. The van der Waals surface area contributed by atoms with Crippen molar-refractivity contribution in [3.8, 4) is 6.07 Å². The largest absolute Gasteiger partial charge is 0.237 e. The summed E-state index contributed by atoms with van der Waals surface area (Å²) in [4.78, 5) is 0.710. The Bertz CT molecular complexity index is 394. The summed E-state index contributed by atoms with van der Waals surface area (Å²) in [6, 6.07) is 9.23. The van der Waals surface area contributed by atoms with E-state index < -0.39 is 11.0 Å². The van der Waals surface area contributed by atoms with Crippen molar-refractivity contribution in [2.24, 2.45) is 0 Å². The first kappa shape index (κ1) is 12.9. The molecule has 0 aliphatic carbocycles. The topological polar surface area (TPSA) is 52.9 Å². The SMILES string of the molecule is CCCC(C#N)NS(=O)c1ccc(C)cc1. The van der Waals surface area contributed by atoms with Crippen molar-refractivity contribution in [3.63, 3.8) is 0 Å². The molecule has 1 N–H and O–H groups in total. The lowest BCUT2D eigenvalue weighted by atomic mass is 10.2. The Labute approximate surface area is 99.1 Å². The molecular formula is C12H16N2OS. The van der Waals surface area contributed by atoms with E-state index in [0.29, 0.717) is 11.3 Å². The van der Waals surface area contributed by atoms with Gasteiger partial charge in [0, 0.05) is 0 Å². The second kappa shape index (κ2) is 6.41. The maximum atomic E-state index is 11.8. The second-order valence-electron chi connectivity index (χ2n) is 3.67. The minimum absolute atomic E-state index is 0.341. The van der Waals surface area contributed by atoms with Crippen molar-refractivity contribution in [3.05, 3.63) is 29.8 Å². The molecule has 3 nitrogen and oxygen atoms in total. The lowest BCUT2D eigenvalue weighted by Crippen LogP contribution is -2.29. The molecule has 2 unspecified atom stereocenters. The Morgan fingerprint density at radius 1 is 1.44 bits per heavy atom. The monoisotopic (exact) mass is 236 g/mol. The number of benzene rings is 1. The average molecular weight is 236 g/mol. The number of nitriles is 1. The number of hydrogen-bond donors (Lipinski definition) is 1. The van der Waals surface area contributed by atoms with Crippen LogP contribution in [0.25, 0.3) is 0 Å². The van der Waals surface area contributed by atoms with Crippen LogP contribution in [-0.4, -0.2) is 10.3 Å². The van der Waals surface area contributed by atoms with E-state index in [1.807, 2.05) is 38.1 Å². The zero-order valence-corrected chi connectivity index (χ0v) is 10.4. The van der Waals surface area contributed by atoms with Crippen molar-refractivity contribution in [2.45, 2.75) is 37.6 Å². The summed E-state index contributed by atoms with van der Waals surface area (Å²) in [5.41, 5.74) is 1.13. The highest BCUT2D eigenvalue weighted by molar-refractivity contribution is 7.83. The predicted octanol–water partition coefficient (Wildman–Crippen LogP) is 2.30. The molecule has 0 heterocycles. The Morgan fingerprint density at radius 3 is 2.56 bits per heavy atom. The van der Waals surface area contributed by atoms with Crippen LogP contribution in [0.4, 0.5) is 0 Å². The predicted molar refractivity (Wildman–Crippen MR) is 65.0 cm³/mol. The Balaban J connectivity index is 2.65. The van der Waals surface area contributed by atoms with E-state index in [9.17, 15) is 4.21 Å². The van der Waals surface area contributed by atoms with Crippen molar-refractivity contribution >= 4 is 11.0 Å². The van der Waals surface area contributed by atoms with E-state index in [4.69, 9.17) is 5.26 Å². The van der Waals surface area contributed by atoms with Gasteiger partial charge in [0.1, 0.15) is 17.0 Å². The average Bonchev–Trinajstić information content (AvgIpc) is 2.29. The van der Waals surface area contributed by atoms with E-state index in [2.05, 4.69) is 10.8 Å². The van der Waals surface area contributed by atoms with Crippen molar-refractivity contribution in [1.29, 1.82) is 5.26 Å². The van der Waals surface area contributed by atoms with Gasteiger partial charge in [0.2, 0.25) is 0 Å². The fourth-order valence-corrected chi connectivity index (χ4v) is 2.25. The van der Waals surface area contributed by atoms with Gasteiger partial charge in [-0.25, -0.2) is 8.93 Å². The lowest BCUT2D eigenvalue weighted by Gasteiger charge is -2.09. The highest BCUT2D eigenvalue weighted by Gasteiger charge is 2.10. The summed E-state index contributed by atoms with van der Waals surface area (Å²) in [5.74, 6) is 0. The second-order valence-corrected chi connectivity index (χ2v) is 4.91. The van der Waals surface area contributed by atoms with Crippen molar-refractivity contribution in [1.82, 2.24) is 4.72 Å². The molecule has 1 aromatic rings. The minimum Gasteiger partial charge on any atom is -0.237 e. The Morgan fingerprint density at radius 2 is 2.06 bits per heavy atom. The Hall–Kier alpha value is -1.18. The van der Waals surface area contributed by atoms with Gasteiger partial charge in [-0.2, -0.15) is 5.26 Å². The first-order valence-electron chi connectivity index (χ1n) is 5.31. The summed E-state index contributed by atoms with van der Waals surface area (Å²) >= 11 is 0. The quantitative estimate of drug-likeness (QED) is 0.852. The van der Waals surface area contributed by atoms with Crippen LogP contribution in [0, 0.1) is 18.3 Å². The van der Waals surface area contributed by atoms with Crippen LogP contribution in [0.3, 0.4) is 0 Å². The highest BCUT2D eigenvalue weighted by Crippen LogP contribution is 2.08. The molecule has 0 saturated heterocycles. The van der Waals surface area contributed by atoms with Gasteiger partial charge in [-0.1, -0.05) is 31.0 Å². The molecule has 0 saturated carbocycles. The molecule has 86 valence electrons. The van der Waals surface area contributed by atoms with Crippen molar-refractivity contribution in [2.75, 3.05) is 0 Å². The molecule has 0 bridgehead atoms. The van der Waals surface area contributed by atoms with Gasteiger partial charge >= 0.3 is 0 Å². The normalized spacial score (nSPS) is 14.1. The molecule has 0 aliphatic heterocycles. The van der Waals surface area contributed by atoms with Crippen LogP contribution in [0.2, 0.25) is 0 Å². The zero-order chi connectivity index (χ0) is 12.0. The van der Waals surface area contributed by atoms with E-state index in [1.54, 1.807) is 0 Å². The number of aryl methyl sites for hydroxylation is 1. The molecule has 0 aliphatic rings. The van der Waals surface area contributed by atoms with Crippen LogP contribution in [0.1, 0.15) is 25.3 Å². The van der Waals surface area contributed by atoms with Gasteiger partial charge in [-0.15, -0.1) is 0 Å². The first-order valence-corrected chi connectivity index (χ1v) is 6.46. The number of hydrogen-bond acceptors (Lipinski definition) is 2. The smallest absolute Gasteiger partial charge is 0.126 e. The van der Waals surface area contributed by atoms with E-state index in [0.717, 1.165) is 12.0 Å². The van der Waals surface area contributed by atoms with Gasteiger partial charge in [0.05, 0.1) is 11.0 Å². The molecule has 1 aromatic carbocycles. The van der Waals surface area contributed by atoms with Gasteiger partial charge in [-0.3, -0.25) is 0 Å². The number of nitrogens with zero attached hydrogens (tertiary/aromatic N) is 1. The van der Waals surface area contributed by atoms with E-state index >= 15 is 0 Å². The molecule has 0 radical (unpaired) electrons. The summed E-state index contributed by atoms with van der Waals surface area (Å²) in [6.45, 7) is 3.98. The number of nitrogens with one attached hydrogen (secondary N) is 1. The molecule has 4 heteroatoms. The molecule has 0 spiro atoms. The highest BCUT2D eigenvalue weighted by atomic mass is 32.2. The van der Waals surface area contributed by atoms with Crippen LogP contribution < -0.4 is 4.72 Å². The van der Waals surface area contributed by atoms with Crippen LogP contribution in [0.15, 0.2) is 29.2 Å². The van der Waals surface area contributed by atoms with Crippen molar-refractivity contribution < 1.29 is 4.21 Å². The molecule has 0 aromatic heterocycles. The van der Waals surface area contributed by atoms with Gasteiger partial charge in [-0.05, 0) is 25.5 Å². The first-order chi connectivity index (χ1) is 7.67. The van der Waals surface area contributed by atoms with Crippen LogP contribution in [0.5, 0.6) is 0 Å². The standard InChI is InChI=1S/C12H16N2OS/c1-3-4-11(9-13)14-16(15)12-7-5-10(2)6-8-12/h5-8,11,14H,3-4H2,1-2H3. The third-order valence-corrected chi connectivity index (χ3v) is 3.42. The number of rotatable bonds is 5. The third kappa shape index (κ3) is 3.76. The van der Waals surface area contributed by atoms with Crippen LogP contribution in [-0.2, 0) is 11.0 Å². The summed E-state index contributed by atoms with van der Waals surface area (Å²) in [7, 11) is -1.30. The summed E-state index contributed by atoms with van der Waals surface area (Å²) < 4.78 is 14.7. The van der Waals surface area contributed by atoms with Crippen LogP contribution >= 0.6 is 0 Å². The zero-order valence-electron chi connectivity index (χ0n) is 9.56.